The van der Waals surface area contributed by atoms with Crippen molar-refractivity contribution >= 4 is 34.7 Å². The lowest BCUT2D eigenvalue weighted by Crippen LogP contribution is -2.19. The number of esters is 2. The molecule has 0 amide bonds. The lowest BCUT2D eigenvalue weighted by molar-refractivity contribution is -0.167. The van der Waals surface area contributed by atoms with Crippen molar-refractivity contribution in [1.29, 1.82) is 0 Å². The minimum absolute atomic E-state index is 0.192. The number of para-hydroxylation sites is 4. The zero-order chi connectivity index (χ0) is 36.2. The van der Waals surface area contributed by atoms with E-state index in [1.165, 1.54) is 0 Å². The second-order valence-corrected chi connectivity index (χ2v) is 8.93. The van der Waals surface area contributed by atoms with Crippen LogP contribution in [0, 0.1) is 0 Å². The largest absolute Gasteiger partial charge is 0.497 e. The molecule has 0 aliphatic heterocycles. The van der Waals surface area contributed by atoms with Crippen molar-refractivity contribution in [2.75, 3.05) is 63.6 Å². The predicted octanol–water partition coefficient (Wildman–Crippen LogP) is 6.00. The molecule has 12 heteroatoms. The minimum Gasteiger partial charge on any atom is -0.497 e. The molecule has 0 spiro atoms. The van der Waals surface area contributed by atoms with E-state index in [0.29, 0.717) is 24.6 Å². The van der Waals surface area contributed by atoms with Gasteiger partial charge in [0.1, 0.15) is 23.0 Å². The summed E-state index contributed by atoms with van der Waals surface area (Å²) in [5.74, 6) is 1.36. The molecular weight excluding hydrogens is 616 g/mol. The summed E-state index contributed by atoms with van der Waals surface area (Å²) < 4.78 is 28.9. The Labute approximate surface area is 283 Å². The van der Waals surface area contributed by atoms with Crippen LogP contribution in [0.25, 0.3) is 0 Å². The Balaban J connectivity index is 0.000000576. The average Bonchev–Trinajstić information content (AvgIpc) is 3.09. The molecule has 4 rings (SSSR count). The van der Waals surface area contributed by atoms with Gasteiger partial charge in [-0.15, -0.1) is 0 Å². The van der Waals surface area contributed by atoms with Crippen molar-refractivity contribution in [1.82, 2.24) is 0 Å². The maximum absolute atomic E-state index is 10.4. The highest BCUT2D eigenvalue weighted by molar-refractivity contribution is 6.29. The van der Waals surface area contributed by atoms with Gasteiger partial charge >= 0.3 is 11.9 Å². The zero-order valence-corrected chi connectivity index (χ0v) is 28.6. The van der Waals surface area contributed by atoms with E-state index in [2.05, 4.69) is 9.47 Å². The lowest BCUT2D eigenvalue weighted by Gasteiger charge is -2.04. The van der Waals surface area contributed by atoms with Crippen molar-refractivity contribution in [3.63, 3.8) is 0 Å². The van der Waals surface area contributed by atoms with Crippen LogP contribution in [0.2, 0.25) is 0 Å². The number of methoxy groups -OCH3 is 2. The summed E-state index contributed by atoms with van der Waals surface area (Å²) in [5, 5.41) is 0. The number of benzene rings is 4. The molecule has 0 fully saturated rings. The number of hydrogen-bond donors (Lipinski definition) is 4. The normalized spacial score (nSPS) is 9.04. The quantitative estimate of drug-likeness (QED) is 0.0974. The van der Waals surface area contributed by atoms with Crippen molar-refractivity contribution < 1.29 is 38.0 Å². The van der Waals surface area contributed by atoms with Crippen LogP contribution >= 0.6 is 0 Å². The number of ether oxygens (including phenoxy) is 6. The fourth-order valence-electron chi connectivity index (χ4n) is 3.15. The van der Waals surface area contributed by atoms with Crippen molar-refractivity contribution in [2.24, 2.45) is 0 Å². The van der Waals surface area contributed by atoms with Crippen molar-refractivity contribution in [2.45, 2.75) is 27.7 Å². The van der Waals surface area contributed by atoms with E-state index < -0.39 is 11.9 Å². The van der Waals surface area contributed by atoms with Gasteiger partial charge in [0.05, 0.1) is 52.0 Å². The lowest BCUT2D eigenvalue weighted by atomic mass is 10.3. The Hall–Kier alpha value is -5.78. The molecule has 0 atom stereocenters. The molecule has 0 aromatic heterocycles. The fourth-order valence-corrected chi connectivity index (χ4v) is 3.15. The predicted molar refractivity (Wildman–Crippen MR) is 192 cm³/mol. The molecule has 262 valence electrons. The van der Waals surface area contributed by atoms with Crippen LogP contribution in [0.3, 0.4) is 0 Å². The molecule has 0 saturated carbocycles. The summed E-state index contributed by atoms with van der Waals surface area (Å²) in [6, 6.07) is 29.5. The molecule has 0 unspecified atom stereocenters. The van der Waals surface area contributed by atoms with Gasteiger partial charge in [0.25, 0.3) is 0 Å². The summed E-state index contributed by atoms with van der Waals surface area (Å²) in [5.41, 5.74) is 24.9. The molecule has 0 radical (unpaired) electrons. The first kappa shape index (κ1) is 42.2. The van der Waals surface area contributed by atoms with Gasteiger partial charge in [-0.05, 0) is 100 Å². The van der Waals surface area contributed by atoms with Gasteiger partial charge in [-0.1, -0.05) is 24.3 Å². The van der Waals surface area contributed by atoms with E-state index in [-0.39, 0.29) is 13.2 Å². The smallest absolute Gasteiger partial charge is 0.417 e. The summed E-state index contributed by atoms with van der Waals surface area (Å²) >= 11 is 0. The summed E-state index contributed by atoms with van der Waals surface area (Å²) in [4.78, 5) is 20.9. The molecule has 48 heavy (non-hydrogen) atoms. The highest BCUT2D eigenvalue weighted by Gasteiger charge is 2.14. The first-order valence-electron chi connectivity index (χ1n) is 15.1. The topological polar surface area (TPSA) is 194 Å². The van der Waals surface area contributed by atoms with Gasteiger partial charge in [-0.2, -0.15) is 0 Å². The third-order valence-electron chi connectivity index (χ3n) is 5.38. The molecule has 8 N–H and O–H groups in total. The van der Waals surface area contributed by atoms with Gasteiger partial charge in [0, 0.05) is 11.4 Å². The second kappa shape index (κ2) is 26.4. The SMILES string of the molecule is CCOC(=O)C(=O)OCC.CCOc1ccc(N)cc1.CCOc1ccccc1N.COc1ccc(N)cc1.COc1ccccc1N. The molecule has 4 aromatic carbocycles. The average molecular weight is 667 g/mol. The second-order valence-electron chi connectivity index (χ2n) is 8.93. The van der Waals surface area contributed by atoms with Crippen molar-refractivity contribution in [3.05, 3.63) is 97.1 Å². The number of rotatable bonds is 8. The Bertz CT molecular complexity index is 1400. The highest BCUT2D eigenvalue weighted by atomic mass is 16.6. The number of hydrogen-bond acceptors (Lipinski definition) is 12. The van der Waals surface area contributed by atoms with E-state index >= 15 is 0 Å². The molecule has 12 nitrogen and oxygen atoms in total. The van der Waals surface area contributed by atoms with Crippen LogP contribution < -0.4 is 41.9 Å². The van der Waals surface area contributed by atoms with E-state index in [4.69, 9.17) is 41.9 Å². The van der Waals surface area contributed by atoms with E-state index in [1.54, 1.807) is 46.3 Å². The first-order chi connectivity index (χ1) is 23.1. The highest BCUT2D eigenvalue weighted by Crippen LogP contribution is 2.19. The summed E-state index contributed by atoms with van der Waals surface area (Å²) in [7, 11) is 3.23. The van der Waals surface area contributed by atoms with Crippen LogP contribution in [0.1, 0.15) is 27.7 Å². The van der Waals surface area contributed by atoms with Crippen molar-refractivity contribution in [3.8, 4) is 23.0 Å². The van der Waals surface area contributed by atoms with Crippen LogP contribution in [0.4, 0.5) is 22.7 Å². The van der Waals surface area contributed by atoms with Gasteiger partial charge in [-0.3, -0.25) is 0 Å². The Kier molecular flexibility index (Phi) is 23.3. The fraction of sp³-hybridized carbons (Fsp3) is 0.278. The molecule has 4 aromatic rings. The van der Waals surface area contributed by atoms with Gasteiger partial charge in [0.2, 0.25) is 0 Å². The molecule has 0 bridgehead atoms. The Morgan fingerprint density at radius 3 is 1.21 bits per heavy atom. The first-order valence-corrected chi connectivity index (χ1v) is 15.1. The molecule has 0 aliphatic rings. The Morgan fingerprint density at radius 1 is 0.479 bits per heavy atom. The molecule has 0 heterocycles. The molecular formula is C36H50N4O8. The van der Waals surface area contributed by atoms with E-state index in [0.717, 1.165) is 34.4 Å². The maximum Gasteiger partial charge on any atom is 0.417 e. The van der Waals surface area contributed by atoms with Crippen LogP contribution in [0.15, 0.2) is 97.1 Å². The molecule has 0 saturated heterocycles. The zero-order valence-electron chi connectivity index (χ0n) is 28.6. The minimum atomic E-state index is -0.927. The van der Waals surface area contributed by atoms with Gasteiger partial charge < -0.3 is 51.4 Å². The summed E-state index contributed by atoms with van der Waals surface area (Å²) in [6.07, 6.45) is 0. The van der Waals surface area contributed by atoms with Gasteiger partial charge in [-0.25, -0.2) is 9.59 Å². The van der Waals surface area contributed by atoms with Crippen LogP contribution in [-0.4, -0.2) is 52.6 Å². The number of nitrogen functional groups attached to an aromatic ring is 4. The van der Waals surface area contributed by atoms with E-state index in [9.17, 15) is 9.59 Å². The maximum atomic E-state index is 10.4. The van der Waals surface area contributed by atoms with Crippen LogP contribution in [0.5, 0.6) is 23.0 Å². The number of carbonyl (C=O) groups excluding carboxylic acids is 2. The van der Waals surface area contributed by atoms with Crippen LogP contribution in [-0.2, 0) is 19.1 Å². The molecule has 0 aliphatic carbocycles. The third-order valence-corrected chi connectivity index (χ3v) is 5.38. The van der Waals surface area contributed by atoms with Gasteiger partial charge in [0.15, 0.2) is 0 Å². The third kappa shape index (κ3) is 19.6. The summed E-state index contributed by atoms with van der Waals surface area (Å²) in [6.45, 7) is 8.88. The number of anilines is 4. The van der Waals surface area contributed by atoms with E-state index in [1.807, 2.05) is 92.7 Å². The Morgan fingerprint density at radius 2 is 0.875 bits per heavy atom. The number of carbonyl (C=O) groups is 2. The number of nitrogens with two attached hydrogens (primary N) is 4. The standard InChI is InChI=1S/2C8H11NO.2C7H9NO.C6H10O4/c1-2-10-8-5-3-7(9)4-6-8;1-2-10-8-6-4-3-5-7(8)9;1-9-7-4-2-6(8)3-5-7;1-9-7-5-3-2-4-6(7)8;1-3-9-5(7)6(8)10-4-2/h2*3-6H,2,9H2,1H3;2*2-5H,8H2,1H3;3-4H2,1-2H3. The monoisotopic (exact) mass is 666 g/mol.